The third-order valence-corrected chi connectivity index (χ3v) is 5.94. The highest BCUT2D eigenvalue weighted by Gasteiger charge is 2.23. The van der Waals surface area contributed by atoms with Crippen molar-refractivity contribution in [3.63, 3.8) is 0 Å². The molecule has 1 heterocycles. The number of rotatable bonds is 7. The fraction of sp³-hybridized carbons (Fsp3) is 0.300. The number of benzene rings is 2. The van der Waals surface area contributed by atoms with Crippen LogP contribution in [0.3, 0.4) is 0 Å². The van der Waals surface area contributed by atoms with E-state index < -0.39 is 10.0 Å². The maximum Gasteiger partial charge on any atom is 0.251 e. The summed E-state index contributed by atoms with van der Waals surface area (Å²) in [4.78, 5) is 20.7. The van der Waals surface area contributed by atoms with Gasteiger partial charge in [0.25, 0.3) is 5.91 Å². The largest absolute Gasteiger partial charge is 0.342 e. The Morgan fingerprint density at radius 2 is 1.89 bits per heavy atom. The molecule has 3 rings (SSSR count). The zero-order valence-corrected chi connectivity index (χ0v) is 16.9. The molecule has 0 aliphatic heterocycles. The molecule has 2 aromatic carbocycles. The van der Waals surface area contributed by atoms with Crippen molar-refractivity contribution in [2.75, 3.05) is 6.54 Å². The number of fused-ring (bicyclic) bond motifs is 1. The van der Waals surface area contributed by atoms with Crippen LogP contribution in [0.25, 0.3) is 11.0 Å². The van der Waals surface area contributed by atoms with Crippen molar-refractivity contribution in [2.45, 2.75) is 31.7 Å². The van der Waals surface area contributed by atoms with Crippen LogP contribution in [-0.4, -0.2) is 30.8 Å². The van der Waals surface area contributed by atoms with Crippen LogP contribution in [-0.2, 0) is 10.0 Å². The average Bonchev–Trinajstić information content (AvgIpc) is 3.09. The molecule has 0 saturated heterocycles. The number of aromatic amines is 1. The number of H-pyrrole nitrogens is 1. The highest BCUT2D eigenvalue weighted by atomic mass is 32.2. The van der Waals surface area contributed by atoms with E-state index in [0.717, 1.165) is 11.0 Å². The van der Waals surface area contributed by atoms with Crippen molar-refractivity contribution in [1.29, 1.82) is 0 Å². The van der Waals surface area contributed by atoms with E-state index >= 15 is 0 Å². The molecule has 8 heteroatoms. The maximum atomic E-state index is 12.8. The Balaban J connectivity index is 1.87. The summed E-state index contributed by atoms with van der Waals surface area (Å²) in [5.74, 6) is 0.395. The number of carbonyl (C=O) groups is 1. The summed E-state index contributed by atoms with van der Waals surface area (Å²) in [6.07, 6.45) is 0. The first-order valence-electron chi connectivity index (χ1n) is 9.17. The van der Waals surface area contributed by atoms with Crippen molar-refractivity contribution >= 4 is 27.0 Å². The van der Waals surface area contributed by atoms with Crippen molar-refractivity contribution in [3.05, 3.63) is 59.9 Å². The van der Waals surface area contributed by atoms with Crippen LogP contribution in [0.1, 0.15) is 43.0 Å². The second kappa shape index (κ2) is 8.12. The van der Waals surface area contributed by atoms with Gasteiger partial charge in [0.05, 0.1) is 22.0 Å². The van der Waals surface area contributed by atoms with Gasteiger partial charge in [0, 0.05) is 12.1 Å². The van der Waals surface area contributed by atoms with Gasteiger partial charge in [-0.25, -0.2) is 18.1 Å². The van der Waals surface area contributed by atoms with Crippen LogP contribution in [0.4, 0.5) is 0 Å². The molecular formula is C20H24N4O3S. The monoisotopic (exact) mass is 400 g/mol. The topological polar surface area (TPSA) is 104 Å². The molecule has 0 saturated carbocycles. The van der Waals surface area contributed by atoms with Gasteiger partial charge in [-0.05, 0) is 36.2 Å². The van der Waals surface area contributed by atoms with Crippen LogP contribution in [0, 0.1) is 5.92 Å². The Morgan fingerprint density at radius 3 is 2.57 bits per heavy atom. The fourth-order valence-corrected chi connectivity index (χ4v) is 4.06. The first-order valence-corrected chi connectivity index (χ1v) is 10.7. The average molecular weight is 401 g/mol. The van der Waals surface area contributed by atoms with Gasteiger partial charge in [0.1, 0.15) is 5.82 Å². The minimum absolute atomic E-state index is 0.0619. The van der Waals surface area contributed by atoms with Crippen LogP contribution < -0.4 is 10.0 Å². The number of sulfonamides is 1. The predicted molar refractivity (Wildman–Crippen MR) is 108 cm³/mol. The minimum atomic E-state index is -3.63. The van der Waals surface area contributed by atoms with E-state index in [9.17, 15) is 13.2 Å². The Morgan fingerprint density at radius 1 is 1.14 bits per heavy atom. The summed E-state index contributed by atoms with van der Waals surface area (Å²) >= 11 is 0. The van der Waals surface area contributed by atoms with Crippen molar-refractivity contribution in [2.24, 2.45) is 5.92 Å². The molecule has 0 fully saturated rings. The smallest absolute Gasteiger partial charge is 0.251 e. The molecule has 3 aromatic rings. The zero-order valence-electron chi connectivity index (χ0n) is 16.1. The normalized spacial score (nSPS) is 13.0. The molecule has 1 atom stereocenters. The van der Waals surface area contributed by atoms with Crippen LogP contribution in [0.15, 0.2) is 53.4 Å². The SMILES string of the molecule is CCNS(=O)(=O)c1cccc(C(=O)NC(c2nc3ccccc3[nH]2)C(C)C)c1. The molecule has 1 amide bonds. The molecule has 3 N–H and O–H groups in total. The number of aromatic nitrogens is 2. The quantitative estimate of drug-likeness (QED) is 0.567. The van der Waals surface area contributed by atoms with Crippen LogP contribution >= 0.6 is 0 Å². The summed E-state index contributed by atoms with van der Waals surface area (Å²) in [5, 5.41) is 2.97. The van der Waals surface area contributed by atoms with Crippen molar-refractivity contribution in [3.8, 4) is 0 Å². The van der Waals surface area contributed by atoms with Crippen LogP contribution in [0.5, 0.6) is 0 Å². The molecule has 0 bridgehead atoms. The van der Waals surface area contributed by atoms with Crippen molar-refractivity contribution < 1.29 is 13.2 Å². The molecule has 0 spiro atoms. The summed E-state index contributed by atoms with van der Waals surface area (Å²) in [6, 6.07) is 13.3. The lowest BCUT2D eigenvalue weighted by Gasteiger charge is -2.20. The standard InChI is InChI=1S/C20H24N4O3S/c1-4-21-28(26,27)15-9-7-8-14(12-15)20(25)24-18(13(2)3)19-22-16-10-5-6-11-17(16)23-19/h5-13,18,21H,4H2,1-3H3,(H,22,23)(H,24,25). The van der Waals surface area contributed by atoms with Gasteiger partial charge in [-0.1, -0.05) is 39.0 Å². The van der Waals surface area contributed by atoms with Gasteiger partial charge >= 0.3 is 0 Å². The van der Waals surface area contributed by atoms with E-state index in [1.807, 2.05) is 38.1 Å². The van der Waals surface area contributed by atoms with Gasteiger partial charge in [0.15, 0.2) is 0 Å². The first-order chi connectivity index (χ1) is 13.3. The molecular weight excluding hydrogens is 376 g/mol. The Kier molecular flexibility index (Phi) is 5.81. The number of para-hydroxylation sites is 2. The number of imidazole rings is 1. The molecule has 7 nitrogen and oxygen atoms in total. The summed E-state index contributed by atoms with van der Waals surface area (Å²) in [5.41, 5.74) is 2.01. The molecule has 1 unspecified atom stereocenters. The lowest BCUT2D eigenvalue weighted by molar-refractivity contribution is 0.0923. The molecule has 0 aliphatic carbocycles. The number of carbonyl (C=O) groups excluding carboxylic acids is 1. The third-order valence-electron chi connectivity index (χ3n) is 4.40. The van der Waals surface area contributed by atoms with E-state index in [1.54, 1.807) is 19.1 Å². The first kappa shape index (κ1) is 20.0. The lowest BCUT2D eigenvalue weighted by atomic mass is 10.0. The Bertz CT molecular complexity index is 1060. The van der Waals surface area contributed by atoms with Gasteiger partial charge in [0.2, 0.25) is 10.0 Å². The Hall–Kier alpha value is -2.71. The Labute approximate surface area is 164 Å². The predicted octanol–water partition coefficient (Wildman–Crippen LogP) is 2.99. The van der Waals surface area contributed by atoms with E-state index in [0.29, 0.717) is 5.82 Å². The van der Waals surface area contributed by atoms with Crippen molar-refractivity contribution in [1.82, 2.24) is 20.0 Å². The second-order valence-electron chi connectivity index (χ2n) is 6.86. The van der Waals surface area contributed by atoms with Gasteiger partial charge < -0.3 is 10.3 Å². The number of nitrogens with zero attached hydrogens (tertiary/aromatic N) is 1. The molecule has 0 radical (unpaired) electrons. The zero-order chi connectivity index (χ0) is 20.3. The van der Waals surface area contributed by atoms with E-state index in [1.165, 1.54) is 12.1 Å². The molecule has 0 aliphatic rings. The van der Waals surface area contributed by atoms with E-state index in [-0.39, 0.29) is 34.9 Å². The molecule has 148 valence electrons. The number of nitrogens with one attached hydrogen (secondary N) is 3. The molecule has 1 aromatic heterocycles. The molecule has 28 heavy (non-hydrogen) atoms. The number of amides is 1. The van der Waals surface area contributed by atoms with Gasteiger partial charge in [-0.15, -0.1) is 0 Å². The third kappa shape index (κ3) is 4.23. The van der Waals surface area contributed by atoms with Gasteiger partial charge in [-0.2, -0.15) is 0 Å². The summed E-state index contributed by atoms with van der Waals surface area (Å²) in [7, 11) is -3.63. The number of hydrogen-bond acceptors (Lipinski definition) is 4. The summed E-state index contributed by atoms with van der Waals surface area (Å²) in [6.45, 7) is 5.96. The highest BCUT2D eigenvalue weighted by molar-refractivity contribution is 7.89. The fourth-order valence-electron chi connectivity index (χ4n) is 2.97. The maximum absolute atomic E-state index is 12.8. The van der Waals surface area contributed by atoms with E-state index in [4.69, 9.17) is 0 Å². The second-order valence-corrected chi connectivity index (χ2v) is 8.63. The number of hydrogen-bond donors (Lipinski definition) is 3. The highest BCUT2D eigenvalue weighted by Crippen LogP contribution is 2.23. The van der Waals surface area contributed by atoms with Crippen LogP contribution in [0.2, 0.25) is 0 Å². The minimum Gasteiger partial charge on any atom is -0.342 e. The lowest BCUT2D eigenvalue weighted by Crippen LogP contribution is -2.32. The summed E-state index contributed by atoms with van der Waals surface area (Å²) < 4.78 is 26.8. The van der Waals surface area contributed by atoms with Gasteiger partial charge in [-0.3, -0.25) is 4.79 Å². The van der Waals surface area contributed by atoms with E-state index in [2.05, 4.69) is 20.0 Å².